The second-order valence-electron chi connectivity index (χ2n) is 8.68. The lowest BCUT2D eigenvalue weighted by Crippen LogP contribution is -2.32. The molecule has 1 fully saturated rings. The molecule has 0 saturated heterocycles. The van der Waals surface area contributed by atoms with Crippen LogP contribution in [0.1, 0.15) is 58.8 Å². The van der Waals surface area contributed by atoms with Crippen molar-refractivity contribution in [2.45, 2.75) is 64.8 Å². The summed E-state index contributed by atoms with van der Waals surface area (Å²) in [6, 6.07) is 0.780. The Labute approximate surface area is 149 Å². The summed E-state index contributed by atoms with van der Waals surface area (Å²) in [5, 5.41) is 3.45. The van der Waals surface area contributed by atoms with Gasteiger partial charge in [-0.1, -0.05) is 38.2 Å². The molecule has 3 aliphatic rings. The van der Waals surface area contributed by atoms with E-state index in [1.165, 1.54) is 64.6 Å². The molecule has 134 valence electrons. The summed E-state index contributed by atoms with van der Waals surface area (Å²) < 4.78 is 0. The molecule has 0 aromatic rings. The summed E-state index contributed by atoms with van der Waals surface area (Å²) in [5.74, 6) is 0.962. The summed E-state index contributed by atoms with van der Waals surface area (Å²) in [6.45, 7) is 8.36. The van der Waals surface area contributed by atoms with Crippen LogP contribution in [0.15, 0.2) is 35.5 Å². The first-order chi connectivity index (χ1) is 11.6. The van der Waals surface area contributed by atoms with Crippen molar-refractivity contribution in [3.63, 3.8) is 0 Å². The van der Waals surface area contributed by atoms with E-state index in [0.29, 0.717) is 0 Å². The van der Waals surface area contributed by atoms with Gasteiger partial charge in [-0.25, -0.2) is 0 Å². The lowest BCUT2D eigenvalue weighted by atomic mass is 9.84. The van der Waals surface area contributed by atoms with Gasteiger partial charge in [0.2, 0.25) is 0 Å². The predicted octanol–water partition coefficient (Wildman–Crippen LogP) is 4.70. The van der Waals surface area contributed by atoms with Crippen molar-refractivity contribution < 1.29 is 0 Å². The highest BCUT2D eigenvalue weighted by atomic mass is 15.1. The van der Waals surface area contributed by atoms with Gasteiger partial charge in [-0.05, 0) is 75.6 Å². The minimum Gasteiger partial charge on any atom is -0.317 e. The Morgan fingerprint density at radius 3 is 2.12 bits per heavy atom. The van der Waals surface area contributed by atoms with Crippen LogP contribution in [0.25, 0.3) is 0 Å². The normalized spacial score (nSPS) is 30.8. The summed E-state index contributed by atoms with van der Waals surface area (Å²) in [6.07, 6.45) is 19.0. The molecule has 1 saturated carbocycles. The summed E-state index contributed by atoms with van der Waals surface area (Å²) in [7, 11) is 2.11. The lowest BCUT2D eigenvalue weighted by molar-refractivity contribution is 0.226. The van der Waals surface area contributed by atoms with Gasteiger partial charge in [-0.3, -0.25) is 0 Å². The van der Waals surface area contributed by atoms with Crippen LogP contribution in [0, 0.1) is 11.3 Å². The average molecular weight is 329 g/mol. The van der Waals surface area contributed by atoms with Crippen LogP contribution < -0.4 is 5.32 Å². The highest BCUT2D eigenvalue weighted by Crippen LogP contribution is 2.31. The van der Waals surface area contributed by atoms with Crippen molar-refractivity contribution >= 4 is 0 Å². The fourth-order valence-electron chi connectivity index (χ4n) is 4.39. The van der Waals surface area contributed by atoms with Crippen molar-refractivity contribution in [2.75, 3.05) is 26.7 Å². The first kappa shape index (κ1) is 17.9. The summed E-state index contributed by atoms with van der Waals surface area (Å²) in [4.78, 5) is 2.71. The molecule has 3 rings (SSSR count). The van der Waals surface area contributed by atoms with E-state index in [2.05, 4.69) is 55.4 Å². The Balaban J connectivity index is 1.46. The van der Waals surface area contributed by atoms with E-state index in [-0.39, 0.29) is 5.41 Å². The van der Waals surface area contributed by atoms with Gasteiger partial charge in [-0.2, -0.15) is 0 Å². The standard InChI is InChI=1S/C22H36N2/c1-22(2)13-8-19-11-16-24(17-12-20(19)9-14-22)15-10-18-4-6-21(23-3)7-5-18/h8-9,13-14,18,21,23H,4-7,10-12,15-17H2,1-3H3. The zero-order valence-electron chi connectivity index (χ0n) is 16.0. The summed E-state index contributed by atoms with van der Waals surface area (Å²) >= 11 is 0. The molecule has 0 aromatic carbocycles. The van der Waals surface area contributed by atoms with E-state index in [0.717, 1.165) is 12.0 Å². The number of rotatable bonds is 4. The van der Waals surface area contributed by atoms with Crippen molar-refractivity contribution in [2.24, 2.45) is 11.3 Å². The topological polar surface area (TPSA) is 15.3 Å². The first-order valence-electron chi connectivity index (χ1n) is 10.1. The van der Waals surface area contributed by atoms with Crippen LogP contribution in [-0.4, -0.2) is 37.6 Å². The van der Waals surface area contributed by atoms with Crippen LogP contribution in [0.3, 0.4) is 0 Å². The van der Waals surface area contributed by atoms with Gasteiger partial charge in [0.05, 0.1) is 0 Å². The van der Waals surface area contributed by atoms with E-state index in [9.17, 15) is 0 Å². The zero-order chi connectivity index (χ0) is 17.0. The molecule has 1 aliphatic heterocycles. The van der Waals surface area contributed by atoms with Crippen LogP contribution in [0.2, 0.25) is 0 Å². The molecule has 1 heterocycles. The largest absolute Gasteiger partial charge is 0.317 e. The molecule has 2 aliphatic carbocycles. The highest BCUT2D eigenvalue weighted by molar-refractivity contribution is 5.39. The highest BCUT2D eigenvalue weighted by Gasteiger charge is 2.22. The molecule has 0 spiro atoms. The molecule has 2 heteroatoms. The lowest BCUT2D eigenvalue weighted by Gasteiger charge is -2.30. The van der Waals surface area contributed by atoms with Crippen LogP contribution in [0.4, 0.5) is 0 Å². The van der Waals surface area contributed by atoms with Crippen molar-refractivity contribution in [1.29, 1.82) is 0 Å². The van der Waals surface area contributed by atoms with E-state index in [1.54, 1.807) is 11.1 Å². The van der Waals surface area contributed by atoms with Crippen molar-refractivity contribution in [3.8, 4) is 0 Å². The number of nitrogens with one attached hydrogen (secondary N) is 1. The second kappa shape index (κ2) is 8.01. The molecule has 2 nitrogen and oxygen atoms in total. The van der Waals surface area contributed by atoms with Gasteiger partial charge in [0, 0.05) is 24.5 Å². The van der Waals surface area contributed by atoms with Gasteiger partial charge >= 0.3 is 0 Å². The Morgan fingerprint density at radius 1 is 1.00 bits per heavy atom. The van der Waals surface area contributed by atoms with Crippen LogP contribution in [0.5, 0.6) is 0 Å². The van der Waals surface area contributed by atoms with E-state index in [1.807, 2.05) is 0 Å². The SMILES string of the molecule is CNC1CCC(CCN2CCC3=C(C=CC(C)(C)C=C3)CC2)CC1. The average Bonchev–Trinajstić information content (AvgIpc) is 2.87. The predicted molar refractivity (Wildman–Crippen MR) is 104 cm³/mol. The number of hydrogen-bond donors (Lipinski definition) is 1. The Morgan fingerprint density at radius 2 is 1.58 bits per heavy atom. The van der Waals surface area contributed by atoms with Gasteiger partial charge in [0.25, 0.3) is 0 Å². The third-order valence-electron chi connectivity index (χ3n) is 6.34. The van der Waals surface area contributed by atoms with Crippen molar-refractivity contribution in [3.05, 3.63) is 35.5 Å². The van der Waals surface area contributed by atoms with Gasteiger partial charge < -0.3 is 10.2 Å². The molecule has 0 amide bonds. The minimum atomic E-state index is 0.206. The first-order valence-corrected chi connectivity index (χ1v) is 10.1. The van der Waals surface area contributed by atoms with E-state index in [4.69, 9.17) is 0 Å². The fraction of sp³-hybridized carbons (Fsp3) is 0.727. The maximum atomic E-state index is 3.45. The quantitative estimate of drug-likeness (QED) is 0.805. The third-order valence-corrected chi connectivity index (χ3v) is 6.34. The van der Waals surface area contributed by atoms with Crippen LogP contribution in [-0.2, 0) is 0 Å². The molecular weight excluding hydrogens is 292 g/mol. The molecule has 24 heavy (non-hydrogen) atoms. The molecule has 0 atom stereocenters. The Kier molecular flexibility index (Phi) is 5.99. The smallest absolute Gasteiger partial charge is 0.00642 e. The molecule has 0 bridgehead atoms. The Bertz CT molecular complexity index is 474. The summed E-state index contributed by atoms with van der Waals surface area (Å²) in [5.41, 5.74) is 3.36. The van der Waals surface area contributed by atoms with Gasteiger partial charge in [0.1, 0.15) is 0 Å². The number of nitrogens with zero attached hydrogens (tertiary/aromatic N) is 1. The van der Waals surface area contributed by atoms with E-state index >= 15 is 0 Å². The minimum absolute atomic E-state index is 0.206. The third kappa shape index (κ3) is 4.83. The second-order valence-corrected chi connectivity index (χ2v) is 8.68. The van der Waals surface area contributed by atoms with Crippen LogP contribution >= 0.6 is 0 Å². The molecule has 1 N–H and O–H groups in total. The molecule has 0 unspecified atom stereocenters. The maximum absolute atomic E-state index is 3.45. The maximum Gasteiger partial charge on any atom is 0.00642 e. The molecular formula is C22H36N2. The molecule has 0 aromatic heterocycles. The van der Waals surface area contributed by atoms with Gasteiger partial charge in [-0.15, -0.1) is 0 Å². The van der Waals surface area contributed by atoms with Gasteiger partial charge in [0.15, 0.2) is 0 Å². The number of hydrogen-bond acceptors (Lipinski definition) is 2. The van der Waals surface area contributed by atoms with E-state index < -0.39 is 0 Å². The Hall–Kier alpha value is -0.860. The monoisotopic (exact) mass is 328 g/mol. The fourth-order valence-corrected chi connectivity index (χ4v) is 4.39. The molecule has 0 radical (unpaired) electrons. The van der Waals surface area contributed by atoms with Crippen molar-refractivity contribution in [1.82, 2.24) is 10.2 Å². The zero-order valence-corrected chi connectivity index (χ0v) is 16.0. The number of allylic oxidation sites excluding steroid dienone is 4.